The minimum Gasteiger partial charge on any atom is -0.481 e. The molecule has 0 aliphatic rings. The average Bonchev–Trinajstić information content (AvgIpc) is 3.40. The van der Waals surface area contributed by atoms with Crippen LogP contribution in [0, 0.1) is 0 Å². The van der Waals surface area contributed by atoms with Gasteiger partial charge in [-0.1, -0.05) is 57.2 Å². The Hall–Kier alpha value is -4.62. The van der Waals surface area contributed by atoms with Gasteiger partial charge in [0.15, 0.2) is 0 Å². The molecule has 3 unspecified atom stereocenters. The first-order valence-electron chi connectivity index (χ1n) is 15.7. The number of hydrogen-bond donors (Lipinski definition) is 6. The molecule has 0 saturated heterocycles. The quantitative estimate of drug-likeness (QED) is 0.117. The molecular weight excluding hydrogens is 596 g/mol. The number of fused-ring (bicyclic) bond motifs is 1. The van der Waals surface area contributed by atoms with Crippen LogP contribution in [0.15, 0.2) is 30.5 Å². The van der Waals surface area contributed by atoms with E-state index in [2.05, 4.69) is 27.9 Å². The minimum atomic E-state index is -1.56. The molecule has 0 aliphatic heterocycles. The summed E-state index contributed by atoms with van der Waals surface area (Å²) in [5.74, 6) is -4.80. The number of aliphatic carboxylic acids is 1. The normalized spacial score (nSPS) is 13.0. The number of primary amides is 1. The Morgan fingerprint density at radius 2 is 1.50 bits per heavy atom. The van der Waals surface area contributed by atoms with Crippen LogP contribution in [0.3, 0.4) is 0 Å². The van der Waals surface area contributed by atoms with Crippen molar-refractivity contribution >= 4 is 46.6 Å². The Labute approximate surface area is 269 Å². The van der Waals surface area contributed by atoms with Crippen molar-refractivity contribution in [3.05, 3.63) is 36.0 Å². The van der Waals surface area contributed by atoms with Crippen molar-refractivity contribution in [2.24, 2.45) is 5.73 Å². The Morgan fingerprint density at radius 3 is 2.15 bits per heavy atom. The molecule has 1 heterocycles. The predicted octanol–water partition coefficient (Wildman–Crippen LogP) is 2.35. The Morgan fingerprint density at radius 1 is 0.891 bits per heavy atom. The van der Waals surface area contributed by atoms with Gasteiger partial charge in [-0.2, -0.15) is 0 Å². The smallest absolute Gasteiger partial charge is 0.410 e. The topological polar surface area (TPSA) is 213 Å². The van der Waals surface area contributed by atoms with E-state index >= 15 is 0 Å². The van der Waals surface area contributed by atoms with Gasteiger partial charge in [-0.15, -0.1) is 0 Å². The van der Waals surface area contributed by atoms with E-state index < -0.39 is 66.7 Å². The molecule has 14 nitrogen and oxygen atoms in total. The van der Waals surface area contributed by atoms with Crippen molar-refractivity contribution in [1.82, 2.24) is 25.8 Å². The number of nitrogens with zero attached hydrogens (tertiary/aromatic N) is 1. The molecule has 2 rings (SSSR count). The summed E-state index contributed by atoms with van der Waals surface area (Å²) in [6, 6.07) is 2.84. The summed E-state index contributed by atoms with van der Waals surface area (Å²) >= 11 is 0. The molecule has 0 radical (unpaired) electrons. The summed E-state index contributed by atoms with van der Waals surface area (Å²) in [5, 5.41) is 17.5. The maximum absolute atomic E-state index is 13.8. The van der Waals surface area contributed by atoms with Crippen LogP contribution in [-0.2, 0) is 35.1 Å². The SMILES string of the molecule is CCCCCCCCOC(=O)N(C)C(Cc1c[nH]c2ccccc12)C(=O)NC(CC(N)=O)C(=O)NC(CC(=O)O)C(=O)NC(C)C. The van der Waals surface area contributed by atoms with Gasteiger partial charge in [0.25, 0.3) is 0 Å². The van der Waals surface area contributed by atoms with E-state index in [4.69, 9.17) is 10.5 Å². The maximum Gasteiger partial charge on any atom is 0.410 e. The number of amides is 5. The molecule has 0 spiro atoms. The van der Waals surface area contributed by atoms with Crippen molar-refractivity contribution in [1.29, 1.82) is 0 Å². The number of rotatable bonds is 20. The lowest BCUT2D eigenvalue weighted by Crippen LogP contribution is -2.58. The van der Waals surface area contributed by atoms with Gasteiger partial charge in [0.2, 0.25) is 23.6 Å². The van der Waals surface area contributed by atoms with Crippen LogP contribution >= 0.6 is 0 Å². The van der Waals surface area contributed by atoms with Gasteiger partial charge in [0.1, 0.15) is 18.1 Å². The molecule has 7 N–H and O–H groups in total. The highest BCUT2D eigenvalue weighted by molar-refractivity contribution is 5.97. The van der Waals surface area contributed by atoms with Crippen LogP contribution in [0.4, 0.5) is 4.79 Å². The van der Waals surface area contributed by atoms with E-state index in [1.165, 1.54) is 7.05 Å². The van der Waals surface area contributed by atoms with E-state index in [9.17, 15) is 33.9 Å². The number of carboxylic acid groups (broad SMARTS) is 1. The zero-order chi connectivity index (χ0) is 34.2. The number of para-hydroxylation sites is 1. The second kappa shape index (κ2) is 19.0. The number of nitrogens with one attached hydrogen (secondary N) is 4. The van der Waals surface area contributed by atoms with Gasteiger partial charge in [-0.05, 0) is 31.9 Å². The third-order valence-electron chi connectivity index (χ3n) is 7.35. The van der Waals surface area contributed by atoms with Crippen LogP contribution in [0.1, 0.15) is 77.7 Å². The van der Waals surface area contributed by atoms with Gasteiger partial charge in [-0.3, -0.25) is 28.9 Å². The summed E-state index contributed by atoms with van der Waals surface area (Å²) in [6.45, 7) is 5.63. The fourth-order valence-electron chi connectivity index (χ4n) is 4.90. The van der Waals surface area contributed by atoms with E-state index in [1.54, 1.807) is 20.0 Å². The maximum atomic E-state index is 13.8. The van der Waals surface area contributed by atoms with Crippen LogP contribution < -0.4 is 21.7 Å². The second-order valence-corrected chi connectivity index (χ2v) is 11.6. The lowest BCUT2D eigenvalue weighted by Gasteiger charge is -2.29. The van der Waals surface area contributed by atoms with Crippen LogP contribution in [0.25, 0.3) is 10.9 Å². The number of carboxylic acids is 1. The Balaban J connectivity index is 2.27. The number of carbonyl (C=O) groups is 6. The number of unbranched alkanes of at least 4 members (excludes halogenated alkanes) is 5. The lowest BCUT2D eigenvalue weighted by molar-refractivity contribution is -0.141. The third kappa shape index (κ3) is 12.4. The van der Waals surface area contributed by atoms with Crippen LogP contribution in [0.2, 0.25) is 0 Å². The van der Waals surface area contributed by atoms with Gasteiger partial charge in [0.05, 0.1) is 19.4 Å². The average molecular weight is 645 g/mol. The standard InChI is InChI=1S/C32H48N6O8/c1-5-6-7-8-9-12-15-46-32(45)38(4)26(16-21-19-34-23-14-11-10-13-22(21)23)31(44)37-24(17-27(33)39)30(43)36-25(18-28(40)41)29(42)35-20(2)3/h10-11,13-14,19-20,24-26,34H,5-9,12,15-18H2,1-4H3,(H2,33,39)(H,35,42)(H,36,43)(H,37,44)(H,40,41). The molecule has 0 bridgehead atoms. The second-order valence-electron chi connectivity index (χ2n) is 11.6. The molecule has 1 aromatic carbocycles. The van der Waals surface area contributed by atoms with Crippen molar-refractivity contribution in [2.75, 3.05) is 13.7 Å². The molecule has 14 heteroatoms. The summed E-state index contributed by atoms with van der Waals surface area (Å²) in [5.41, 5.74) is 6.91. The third-order valence-corrected chi connectivity index (χ3v) is 7.35. The van der Waals surface area contributed by atoms with E-state index in [0.717, 1.165) is 47.9 Å². The van der Waals surface area contributed by atoms with Crippen molar-refractivity contribution in [3.8, 4) is 0 Å². The van der Waals surface area contributed by atoms with Crippen molar-refractivity contribution < 1.29 is 38.6 Å². The number of nitrogens with two attached hydrogens (primary N) is 1. The number of hydrogen-bond acceptors (Lipinski definition) is 7. The number of likely N-dealkylation sites (N-methyl/N-ethyl adjacent to an activating group) is 1. The van der Waals surface area contributed by atoms with Crippen LogP contribution in [0.5, 0.6) is 0 Å². The van der Waals surface area contributed by atoms with E-state index in [-0.39, 0.29) is 19.1 Å². The molecule has 2 aromatic rings. The number of aromatic amines is 1. The van der Waals surface area contributed by atoms with E-state index in [1.807, 2.05) is 24.3 Å². The van der Waals surface area contributed by atoms with Gasteiger partial charge in [0, 0.05) is 36.6 Å². The Kier molecular flexibility index (Phi) is 15.5. The molecule has 0 saturated carbocycles. The Bertz CT molecular complexity index is 1340. The van der Waals surface area contributed by atoms with Crippen LogP contribution in [-0.4, -0.2) is 88.5 Å². The molecule has 5 amide bonds. The minimum absolute atomic E-state index is 0.0296. The predicted molar refractivity (Wildman–Crippen MR) is 171 cm³/mol. The van der Waals surface area contributed by atoms with Crippen molar-refractivity contribution in [3.63, 3.8) is 0 Å². The number of aromatic nitrogens is 1. The first kappa shape index (κ1) is 37.6. The monoisotopic (exact) mass is 644 g/mol. The van der Waals surface area contributed by atoms with Gasteiger partial charge >= 0.3 is 12.1 Å². The van der Waals surface area contributed by atoms with Gasteiger partial charge < -0.3 is 36.5 Å². The summed E-state index contributed by atoms with van der Waals surface area (Å²) < 4.78 is 5.46. The highest BCUT2D eigenvalue weighted by Crippen LogP contribution is 2.21. The number of ether oxygens (including phenoxy) is 1. The molecule has 46 heavy (non-hydrogen) atoms. The molecule has 254 valence electrons. The molecular formula is C32H48N6O8. The zero-order valence-electron chi connectivity index (χ0n) is 27.1. The first-order valence-corrected chi connectivity index (χ1v) is 15.7. The van der Waals surface area contributed by atoms with E-state index in [0.29, 0.717) is 12.0 Å². The highest BCUT2D eigenvalue weighted by atomic mass is 16.6. The number of benzene rings is 1. The zero-order valence-corrected chi connectivity index (χ0v) is 27.1. The lowest BCUT2D eigenvalue weighted by atomic mass is 10.0. The fraction of sp³-hybridized carbons (Fsp3) is 0.562. The molecule has 0 aliphatic carbocycles. The fourth-order valence-corrected chi connectivity index (χ4v) is 4.90. The number of carbonyl (C=O) groups excluding carboxylic acids is 5. The first-order chi connectivity index (χ1) is 21.8. The van der Waals surface area contributed by atoms with Crippen molar-refractivity contribution in [2.45, 2.75) is 103 Å². The largest absolute Gasteiger partial charge is 0.481 e. The summed E-state index contributed by atoms with van der Waals surface area (Å²) in [4.78, 5) is 80.3. The van der Waals surface area contributed by atoms with Gasteiger partial charge in [-0.25, -0.2) is 4.79 Å². The number of H-pyrrole nitrogens is 1. The summed E-state index contributed by atoms with van der Waals surface area (Å²) in [7, 11) is 1.41. The summed E-state index contributed by atoms with van der Waals surface area (Å²) in [6.07, 6.45) is 5.61. The molecule has 0 fully saturated rings. The molecule has 1 aromatic heterocycles. The molecule has 3 atom stereocenters. The highest BCUT2D eigenvalue weighted by Gasteiger charge is 2.34.